The van der Waals surface area contributed by atoms with Crippen molar-refractivity contribution in [2.75, 3.05) is 6.54 Å². The molecule has 0 unspecified atom stereocenters. The van der Waals surface area contributed by atoms with Crippen molar-refractivity contribution >= 4 is 0 Å². The van der Waals surface area contributed by atoms with Crippen LogP contribution in [0, 0.1) is 5.82 Å². The molecule has 20 heavy (non-hydrogen) atoms. The van der Waals surface area contributed by atoms with Crippen LogP contribution < -0.4 is 5.73 Å². The van der Waals surface area contributed by atoms with Crippen LogP contribution in [0.3, 0.4) is 0 Å². The Morgan fingerprint density at radius 2 is 1.60 bits per heavy atom. The molecule has 2 aromatic carbocycles. The first kappa shape index (κ1) is 14.5. The summed E-state index contributed by atoms with van der Waals surface area (Å²) in [5.41, 5.74) is 6.09. The minimum Gasteiger partial charge on any atom is -0.330 e. The Kier molecular flexibility index (Phi) is 4.09. The maximum Gasteiger partial charge on any atom is 0.416 e. The monoisotopic (exact) mass is 283 g/mol. The summed E-state index contributed by atoms with van der Waals surface area (Å²) in [6.45, 7) is 0.416. The summed E-state index contributed by atoms with van der Waals surface area (Å²) in [5, 5.41) is 0. The summed E-state index contributed by atoms with van der Waals surface area (Å²) in [7, 11) is 0. The molecule has 0 saturated carbocycles. The molecule has 0 amide bonds. The molecule has 2 N–H and O–H groups in total. The van der Waals surface area contributed by atoms with E-state index in [2.05, 4.69) is 0 Å². The van der Waals surface area contributed by atoms with Gasteiger partial charge in [0.05, 0.1) is 5.56 Å². The van der Waals surface area contributed by atoms with Crippen molar-refractivity contribution in [3.63, 3.8) is 0 Å². The van der Waals surface area contributed by atoms with Gasteiger partial charge in [-0.25, -0.2) is 4.39 Å². The van der Waals surface area contributed by atoms with E-state index in [-0.39, 0.29) is 5.56 Å². The zero-order valence-corrected chi connectivity index (χ0v) is 10.5. The molecule has 0 aromatic heterocycles. The molecule has 0 radical (unpaired) electrons. The summed E-state index contributed by atoms with van der Waals surface area (Å²) in [4.78, 5) is 0. The van der Waals surface area contributed by atoms with Crippen LogP contribution in [0.2, 0.25) is 0 Å². The van der Waals surface area contributed by atoms with E-state index >= 15 is 0 Å². The summed E-state index contributed by atoms with van der Waals surface area (Å²) in [6, 6.07) is 9.07. The molecule has 0 bridgehead atoms. The van der Waals surface area contributed by atoms with Crippen molar-refractivity contribution in [3.8, 4) is 11.1 Å². The van der Waals surface area contributed by atoms with Gasteiger partial charge in [-0.05, 0) is 42.3 Å². The molecule has 5 heteroatoms. The van der Waals surface area contributed by atoms with Crippen LogP contribution in [0.15, 0.2) is 42.5 Å². The van der Waals surface area contributed by atoms with Gasteiger partial charge in [0.25, 0.3) is 0 Å². The number of hydrogen-bond donors (Lipinski definition) is 1. The maximum atomic E-state index is 13.9. The molecule has 106 valence electrons. The number of rotatable bonds is 3. The number of nitrogens with two attached hydrogens (primary N) is 1. The second-order valence-corrected chi connectivity index (χ2v) is 4.43. The van der Waals surface area contributed by atoms with Crippen molar-refractivity contribution in [2.24, 2.45) is 5.73 Å². The van der Waals surface area contributed by atoms with Gasteiger partial charge in [-0.2, -0.15) is 13.2 Å². The standard InChI is InChI=1S/C15H13F4N/c16-14-9-10(7-8-20)1-6-13(14)11-2-4-12(5-3-11)15(17,18)19/h1-6,9H,7-8,20H2. The van der Waals surface area contributed by atoms with Gasteiger partial charge in [-0.15, -0.1) is 0 Å². The van der Waals surface area contributed by atoms with Crippen molar-refractivity contribution in [1.29, 1.82) is 0 Å². The molecule has 0 atom stereocenters. The lowest BCUT2D eigenvalue weighted by atomic mass is 10.0. The van der Waals surface area contributed by atoms with E-state index in [0.717, 1.165) is 17.7 Å². The second kappa shape index (κ2) is 5.63. The van der Waals surface area contributed by atoms with Gasteiger partial charge in [-0.3, -0.25) is 0 Å². The van der Waals surface area contributed by atoms with Crippen LogP contribution in [0.1, 0.15) is 11.1 Å². The Morgan fingerprint density at radius 1 is 0.950 bits per heavy atom. The van der Waals surface area contributed by atoms with E-state index in [4.69, 9.17) is 5.73 Å². The molecular formula is C15H13F4N. The first-order valence-corrected chi connectivity index (χ1v) is 6.08. The molecule has 2 rings (SSSR count). The van der Waals surface area contributed by atoms with Crippen molar-refractivity contribution in [1.82, 2.24) is 0 Å². The highest BCUT2D eigenvalue weighted by Crippen LogP contribution is 2.31. The predicted octanol–water partition coefficient (Wildman–Crippen LogP) is 4.01. The fourth-order valence-electron chi connectivity index (χ4n) is 1.95. The first-order chi connectivity index (χ1) is 9.41. The Bertz CT molecular complexity index is 588. The second-order valence-electron chi connectivity index (χ2n) is 4.43. The predicted molar refractivity (Wildman–Crippen MR) is 69.6 cm³/mol. The zero-order valence-electron chi connectivity index (χ0n) is 10.5. The molecule has 0 spiro atoms. The topological polar surface area (TPSA) is 26.0 Å². The van der Waals surface area contributed by atoms with E-state index in [0.29, 0.717) is 18.5 Å². The molecular weight excluding hydrogens is 270 g/mol. The fraction of sp³-hybridized carbons (Fsp3) is 0.200. The lowest BCUT2D eigenvalue weighted by molar-refractivity contribution is -0.137. The maximum absolute atomic E-state index is 13.9. The van der Waals surface area contributed by atoms with E-state index in [1.165, 1.54) is 18.2 Å². The number of benzene rings is 2. The Morgan fingerprint density at radius 3 is 2.10 bits per heavy atom. The molecule has 0 saturated heterocycles. The molecule has 0 aliphatic heterocycles. The third kappa shape index (κ3) is 3.17. The van der Waals surface area contributed by atoms with E-state index < -0.39 is 17.6 Å². The van der Waals surface area contributed by atoms with Gasteiger partial charge < -0.3 is 5.73 Å². The Balaban J connectivity index is 2.32. The number of hydrogen-bond acceptors (Lipinski definition) is 1. The van der Waals surface area contributed by atoms with Gasteiger partial charge in [0.1, 0.15) is 5.82 Å². The van der Waals surface area contributed by atoms with Gasteiger partial charge in [-0.1, -0.05) is 24.3 Å². The van der Waals surface area contributed by atoms with Crippen molar-refractivity contribution < 1.29 is 17.6 Å². The summed E-state index contributed by atoms with van der Waals surface area (Å²) in [6.07, 6.45) is -3.83. The Labute approximate surface area is 114 Å². The van der Waals surface area contributed by atoms with Gasteiger partial charge >= 0.3 is 6.18 Å². The van der Waals surface area contributed by atoms with Gasteiger partial charge in [0.15, 0.2) is 0 Å². The third-order valence-electron chi connectivity index (χ3n) is 2.99. The Hall–Kier alpha value is -1.88. The smallest absolute Gasteiger partial charge is 0.330 e. The SMILES string of the molecule is NCCc1ccc(-c2ccc(C(F)(F)F)cc2)c(F)c1. The zero-order chi connectivity index (χ0) is 14.8. The molecule has 0 fully saturated rings. The van der Waals surface area contributed by atoms with Crippen LogP contribution in [0.5, 0.6) is 0 Å². The average Bonchev–Trinajstić information content (AvgIpc) is 2.38. The van der Waals surface area contributed by atoms with Crippen LogP contribution in [-0.2, 0) is 12.6 Å². The summed E-state index contributed by atoms with van der Waals surface area (Å²) >= 11 is 0. The highest BCUT2D eigenvalue weighted by atomic mass is 19.4. The van der Waals surface area contributed by atoms with Gasteiger partial charge in [0.2, 0.25) is 0 Å². The largest absolute Gasteiger partial charge is 0.416 e. The third-order valence-corrected chi connectivity index (χ3v) is 2.99. The highest BCUT2D eigenvalue weighted by Gasteiger charge is 2.30. The number of halogens is 4. The van der Waals surface area contributed by atoms with Crippen LogP contribution in [0.25, 0.3) is 11.1 Å². The fourth-order valence-corrected chi connectivity index (χ4v) is 1.95. The van der Waals surface area contributed by atoms with Crippen LogP contribution in [0.4, 0.5) is 17.6 Å². The van der Waals surface area contributed by atoms with Crippen molar-refractivity contribution in [3.05, 3.63) is 59.4 Å². The molecule has 1 nitrogen and oxygen atoms in total. The molecule has 2 aromatic rings. The highest BCUT2D eigenvalue weighted by molar-refractivity contribution is 5.64. The summed E-state index contributed by atoms with van der Waals surface area (Å²) in [5.74, 6) is -0.462. The lowest BCUT2D eigenvalue weighted by Gasteiger charge is -2.09. The van der Waals surface area contributed by atoms with E-state index in [1.54, 1.807) is 12.1 Å². The van der Waals surface area contributed by atoms with Crippen LogP contribution >= 0.6 is 0 Å². The van der Waals surface area contributed by atoms with E-state index in [1.807, 2.05) is 0 Å². The minimum absolute atomic E-state index is 0.277. The average molecular weight is 283 g/mol. The minimum atomic E-state index is -4.39. The number of alkyl halides is 3. The van der Waals surface area contributed by atoms with Crippen molar-refractivity contribution in [2.45, 2.75) is 12.6 Å². The summed E-state index contributed by atoms with van der Waals surface area (Å²) < 4.78 is 51.3. The van der Waals surface area contributed by atoms with Crippen LogP contribution in [-0.4, -0.2) is 6.54 Å². The lowest BCUT2D eigenvalue weighted by Crippen LogP contribution is -2.04. The normalized spacial score (nSPS) is 11.7. The molecule has 0 aliphatic carbocycles. The first-order valence-electron chi connectivity index (χ1n) is 6.08. The van der Waals surface area contributed by atoms with E-state index in [9.17, 15) is 17.6 Å². The quantitative estimate of drug-likeness (QED) is 0.846. The molecule has 0 aliphatic rings. The van der Waals surface area contributed by atoms with Gasteiger partial charge in [0, 0.05) is 5.56 Å². The molecule has 0 heterocycles.